The van der Waals surface area contributed by atoms with E-state index in [1.807, 2.05) is 67.6 Å². The normalized spacial score (nSPS) is 15.7. The highest BCUT2D eigenvalue weighted by Crippen LogP contribution is 2.14. The van der Waals surface area contributed by atoms with Crippen molar-refractivity contribution in [2.75, 3.05) is 0 Å². The molecule has 0 aliphatic carbocycles. The SMILES string of the molecule is CC[C@H](C)[C@H](NC(=O)CC(N)C(Cc1ccccc1)NC(=O)[C@H](NC(=O)[C@@H](N)Cc1ccccc1)C(C)C)C(=O)N[C@H](C(=O)O)C(C)C. The third-order valence-corrected chi connectivity index (χ3v) is 8.49. The summed E-state index contributed by atoms with van der Waals surface area (Å²) < 4.78 is 0. The summed E-state index contributed by atoms with van der Waals surface area (Å²) in [6, 6.07) is 13.2. The molecular formula is C36H54N6O6. The van der Waals surface area contributed by atoms with E-state index in [2.05, 4.69) is 21.3 Å². The fraction of sp³-hybridized carbons (Fsp3) is 0.528. The molecule has 2 aromatic rings. The smallest absolute Gasteiger partial charge is 0.326 e. The maximum Gasteiger partial charge on any atom is 0.326 e. The molecule has 0 spiro atoms. The zero-order valence-corrected chi connectivity index (χ0v) is 28.9. The molecule has 0 aromatic heterocycles. The average Bonchev–Trinajstić information content (AvgIpc) is 3.04. The zero-order valence-electron chi connectivity index (χ0n) is 28.9. The van der Waals surface area contributed by atoms with E-state index < -0.39 is 65.8 Å². The third kappa shape index (κ3) is 12.7. The molecule has 0 bridgehead atoms. The van der Waals surface area contributed by atoms with Crippen LogP contribution in [-0.2, 0) is 36.8 Å². The van der Waals surface area contributed by atoms with Crippen LogP contribution in [0.15, 0.2) is 60.7 Å². The minimum Gasteiger partial charge on any atom is -0.480 e. The van der Waals surface area contributed by atoms with Crippen LogP contribution in [0.4, 0.5) is 0 Å². The third-order valence-electron chi connectivity index (χ3n) is 8.49. The van der Waals surface area contributed by atoms with Gasteiger partial charge in [0.2, 0.25) is 23.6 Å². The van der Waals surface area contributed by atoms with Gasteiger partial charge in [-0.2, -0.15) is 0 Å². The maximum absolute atomic E-state index is 13.7. The Kier molecular flexibility index (Phi) is 16.2. The Hall–Kier alpha value is -4.29. The lowest BCUT2D eigenvalue weighted by atomic mass is 9.94. The van der Waals surface area contributed by atoms with E-state index in [-0.39, 0.29) is 24.2 Å². The van der Waals surface area contributed by atoms with Crippen LogP contribution in [0.25, 0.3) is 0 Å². The van der Waals surface area contributed by atoms with E-state index in [1.165, 1.54) is 0 Å². The number of carbonyl (C=O) groups is 5. The molecule has 0 radical (unpaired) electrons. The first-order valence-corrected chi connectivity index (χ1v) is 16.7. The summed E-state index contributed by atoms with van der Waals surface area (Å²) in [5.74, 6) is -4.16. The number of carboxylic acid groups (broad SMARTS) is 1. The minimum atomic E-state index is -1.16. The van der Waals surface area contributed by atoms with E-state index in [0.29, 0.717) is 19.3 Å². The highest BCUT2D eigenvalue weighted by Gasteiger charge is 2.33. The molecule has 7 atom stereocenters. The predicted octanol–water partition coefficient (Wildman–Crippen LogP) is 1.90. The number of rotatable bonds is 19. The van der Waals surface area contributed by atoms with Crippen molar-refractivity contribution < 1.29 is 29.1 Å². The minimum absolute atomic E-state index is 0.231. The van der Waals surface area contributed by atoms with Gasteiger partial charge in [-0.3, -0.25) is 19.2 Å². The highest BCUT2D eigenvalue weighted by molar-refractivity contribution is 5.91. The van der Waals surface area contributed by atoms with Crippen LogP contribution < -0.4 is 32.7 Å². The number of carbonyl (C=O) groups excluding carboxylic acids is 4. The van der Waals surface area contributed by atoms with Crippen LogP contribution in [0, 0.1) is 17.8 Å². The lowest BCUT2D eigenvalue weighted by Gasteiger charge is -2.30. The number of amides is 4. The van der Waals surface area contributed by atoms with Gasteiger partial charge in [0.15, 0.2) is 0 Å². The molecule has 0 saturated carbocycles. The fourth-order valence-corrected chi connectivity index (χ4v) is 5.25. The second-order valence-corrected chi connectivity index (χ2v) is 13.2. The van der Waals surface area contributed by atoms with Gasteiger partial charge >= 0.3 is 5.97 Å². The van der Waals surface area contributed by atoms with Crippen molar-refractivity contribution in [1.29, 1.82) is 0 Å². The fourth-order valence-electron chi connectivity index (χ4n) is 5.25. The van der Waals surface area contributed by atoms with Crippen LogP contribution in [0.5, 0.6) is 0 Å². The quantitative estimate of drug-likeness (QED) is 0.118. The summed E-state index contributed by atoms with van der Waals surface area (Å²) in [7, 11) is 0. The van der Waals surface area contributed by atoms with Crippen molar-refractivity contribution in [2.45, 2.75) is 103 Å². The number of hydrogen-bond acceptors (Lipinski definition) is 7. The molecule has 2 rings (SSSR count). The second-order valence-electron chi connectivity index (χ2n) is 13.2. The monoisotopic (exact) mass is 666 g/mol. The topological polar surface area (TPSA) is 206 Å². The standard InChI is InChI=1S/C36H54N6O6/c1-7-23(6)32(35(46)42-31(22(4)5)36(47)48)40-29(43)20-26(37)28(19-25-16-12-9-13-17-25)39-34(45)30(21(2)3)41-33(44)27(38)18-24-14-10-8-11-15-24/h8-17,21-23,26-28,30-32H,7,18-20,37-38H2,1-6H3,(H,39,45)(H,40,43)(H,41,44)(H,42,46)(H,47,48)/t23-,26?,27-,28?,30+,31-,32-/m0/s1. The summed E-state index contributed by atoms with van der Waals surface area (Å²) in [5.41, 5.74) is 14.5. The number of hydrogen-bond donors (Lipinski definition) is 7. The number of aliphatic carboxylic acids is 1. The Morgan fingerprint density at radius 1 is 0.646 bits per heavy atom. The molecule has 0 fully saturated rings. The van der Waals surface area contributed by atoms with E-state index in [4.69, 9.17) is 11.5 Å². The van der Waals surface area contributed by atoms with Crippen molar-refractivity contribution >= 4 is 29.6 Å². The molecule has 2 aromatic carbocycles. The maximum atomic E-state index is 13.7. The summed E-state index contributed by atoms with van der Waals surface area (Å²) in [5, 5.41) is 20.6. The summed E-state index contributed by atoms with van der Waals surface area (Å²) in [6.45, 7) is 10.6. The van der Waals surface area contributed by atoms with Crippen molar-refractivity contribution in [3.05, 3.63) is 71.8 Å². The number of nitrogens with one attached hydrogen (secondary N) is 4. The van der Waals surface area contributed by atoms with Gasteiger partial charge in [-0.1, -0.05) is 109 Å². The number of carboxylic acids is 1. The molecule has 4 amide bonds. The van der Waals surface area contributed by atoms with E-state index >= 15 is 0 Å². The molecule has 48 heavy (non-hydrogen) atoms. The first-order valence-electron chi connectivity index (χ1n) is 16.7. The number of nitrogens with two attached hydrogens (primary N) is 2. The van der Waals surface area contributed by atoms with Crippen LogP contribution in [0.2, 0.25) is 0 Å². The van der Waals surface area contributed by atoms with Gasteiger partial charge in [-0.25, -0.2) is 4.79 Å². The lowest BCUT2D eigenvalue weighted by Crippen LogP contribution is -2.59. The van der Waals surface area contributed by atoms with Gasteiger partial charge in [0.1, 0.15) is 18.1 Å². The Morgan fingerprint density at radius 3 is 1.60 bits per heavy atom. The molecule has 0 aliphatic rings. The van der Waals surface area contributed by atoms with Crippen molar-refractivity contribution in [3.8, 4) is 0 Å². The molecular weight excluding hydrogens is 612 g/mol. The molecule has 2 unspecified atom stereocenters. The van der Waals surface area contributed by atoms with Gasteiger partial charge < -0.3 is 37.8 Å². The first-order chi connectivity index (χ1) is 22.6. The van der Waals surface area contributed by atoms with Crippen molar-refractivity contribution in [3.63, 3.8) is 0 Å². The average molecular weight is 667 g/mol. The summed E-state index contributed by atoms with van der Waals surface area (Å²) >= 11 is 0. The van der Waals surface area contributed by atoms with Crippen LogP contribution in [0.1, 0.15) is 65.5 Å². The molecule has 0 saturated heterocycles. The van der Waals surface area contributed by atoms with E-state index in [1.54, 1.807) is 34.6 Å². The molecule has 12 nitrogen and oxygen atoms in total. The summed E-state index contributed by atoms with van der Waals surface area (Å²) in [6.07, 6.45) is 0.927. The van der Waals surface area contributed by atoms with Crippen molar-refractivity contribution in [1.82, 2.24) is 21.3 Å². The van der Waals surface area contributed by atoms with E-state index in [9.17, 15) is 29.1 Å². The van der Waals surface area contributed by atoms with Gasteiger partial charge in [0, 0.05) is 18.5 Å². The van der Waals surface area contributed by atoms with Gasteiger partial charge in [0.05, 0.1) is 6.04 Å². The number of benzene rings is 2. The molecule has 12 heteroatoms. The lowest BCUT2D eigenvalue weighted by molar-refractivity contribution is -0.143. The van der Waals surface area contributed by atoms with Crippen molar-refractivity contribution in [2.24, 2.45) is 29.2 Å². The Morgan fingerprint density at radius 2 is 1.12 bits per heavy atom. The Balaban J connectivity index is 2.20. The molecule has 0 aliphatic heterocycles. The molecule has 0 heterocycles. The molecule has 264 valence electrons. The van der Waals surface area contributed by atoms with Gasteiger partial charge in [-0.15, -0.1) is 0 Å². The Bertz CT molecular complexity index is 1340. The predicted molar refractivity (Wildman–Crippen MR) is 185 cm³/mol. The van der Waals surface area contributed by atoms with Gasteiger partial charge in [0.25, 0.3) is 0 Å². The highest BCUT2D eigenvalue weighted by atomic mass is 16.4. The van der Waals surface area contributed by atoms with Crippen LogP contribution >= 0.6 is 0 Å². The zero-order chi connectivity index (χ0) is 36.0. The Labute approximate surface area is 284 Å². The van der Waals surface area contributed by atoms with Crippen LogP contribution in [-0.4, -0.2) is 71.0 Å². The molecule has 9 N–H and O–H groups in total. The van der Waals surface area contributed by atoms with E-state index in [0.717, 1.165) is 11.1 Å². The van der Waals surface area contributed by atoms with Gasteiger partial charge in [-0.05, 0) is 41.7 Å². The summed E-state index contributed by atoms with van der Waals surface area (Å²) in [4.78, 5) is 64.9. The first kappa shape index (κ1) is 39.9. The van der Waals surface area contributed by atoms with Crippen LogP contribution in [0.3, 0.4) is 0 Å². The second kappa shape index (κ2) is 19.5. The largest absolute Gasteiger partial charge is 0.480 e.